The second-order valence-electron chi connectivity index (χ2n) is 3.77. The molecule has 0 saturated heterocycles. The van der Waals surface area contributed by atoms with Gasteiger partial charge in [-0.15, -0.1) is 0 Å². The predicted molar refractivity (Wildman–Crippen MR) is 62.9 cm³/mol. The van der Waals surface area contributed by atoms with Crippen molar-refractivity contribution in [2.75, 3.05) is 0 Å². The number of rotatable bonds is 3. The van der Waals surface area contributed by atoms with Crippen LogP contribution < -0.4 is 5.73 Å². The van der Waals surface area contributed by atoms with Crippen LogP contribution in [0.2, 0.25) is 0 Å². The van der Waals surface area contributed by atoms with Crippen LogP contribution in [0.25, 0.3) is 0 Å². The Kier molecular flexibility index (Phi) is 3.05. The van der Waals surface area contributed by atoms with Crippen molar-refractivity contribution >= 4 is 5.91 Å². The standard InChI is InChI=1S/C13H14N2O/c14-13(16)12-6-8-15(9-7-12)10-11-4-2-1-3-5-11/h1-9,12H,10H2,(H2,14,16). The first-order valence-corrected chi connectivity index (χ1v) is 5.21. The van der Waals surface area contributed by atoms with Gasteiger partial charge in [0, 0.05) is 18.9 Å². The summed E-state index contributed by atoms with van der Waals surface area (Å²) in [5.41, 5.74) is 6.44. The van der Waals surface area contributed by atoms with Crippen molar-refractivity contribution in [3.8, 4) is 0 Å². The van der Waals surface area contributed by atoms with E-state index in [0.29, 0.717) is 0 Å². The molecule has 0 aromatic heterocycles. The quantitative estimate of drug-likeness (QED) is 0.831. The summed E-state index contributed by atoms with van der Waals surface area (Å²) in [6.45, 7) is 0.805. The van der Waals surface area contributed by atoms with E-state index in [9.17, 15) is 4.79 Å². The fraction of sp³-hybridized carbons (Fsp3) is 0.154. The number of nitrogens with two attached hydrogens (primary N) is 1. The Morgan fingerprint density at radius 3 is 2.38 bits per heavy atom. The molecule has 82 valence electrons. The number of benzene rings is 1. The summed E-state index contributed by atoms with van der Waals surface area (Å²) in [6.07, 6.45) is 7.40. The highest BCUT2D eigenvalue weighted by atomic mass is 16.1. The van der Waals surface area contributed by atoms with Gasteiger partial charge in [0.2, 0.25) is 5.91 Å². The van der Waals surface area contributed by atoms with Gasteiger partial charge in [-0.1, -0.05) is 42.5 Å². The van der Waals surface area contributed by atoms with Crippen molar-refractivity contribution in [1.29, 1.82) is 0 Å². The van der Waals surface area contributed by atoms with Crippen LogP contribution in [0.5, 0.6) is 0 Å². The summed E-state index contributed by atoms with van der Waals surface area (Å²) < 4.78 is 0. The van der Waals surface area contributed by atoms with Gasteiger partial charge in [-0.05, 0) is 5.56 Å². The first-order valence-electron chi connectivity index (χ1n) is 5.21. The van der Waals surface area contributed by atoms with Crippen molar-refractivity contribution in [2.45, 2.75) is 6.54 Å². The van der Waals surface area contributed by atoms with Crippen molar-refractivity contribution in [1.82, 2.24) is 4.90 Å². The number of hydrogen-bond donors (Lipinski definition) is 1. The number of primary amides is 1. The molecular weight excluding hydrogens is 200 g/mol. The Balaban J connectivity index is 1.98. The molecule has 1 aliphatic rings. The minimum Gasteiger partial charge on any atom is -0.369 e. The Morgan fingerprint density at radius 1 is 1.19 bits per heavy atom. The summed E-state index contributed by atoms with van der Waals surface area (Å²) >= 11 is 0. The van der Waals surface area contributed by atoms with E-state index in [0.717, 1.165) is 6.54 Å². The van der Waals surface area contributed by atoms with Gasteiger partial charge in [-0.25, -0.2) is 0 Å². The van der Waals surface area contributed by atoms with Crippen LogP contribution in [0.3, 0.4) is 0 Å². The molecule has 3 heteroatoms. The molecule has 1 amide bonds. The van der Waals surface area contributed by atoms with Gasteiger partial charge in [-0.2, -0.15) is 0 Å². The molecule has 0 aliphatic carbocycles. The summed E-state index contributed by atoms with van der Waals surface area (Å²) in [7, 11) is 0. The molecule has 1 heterocycles. The van der Waals surface area contributed by atoms with Gasteiger partial charge in [0.25, 0.3) is 0 Å². The number of amides is 1. The van der Waals surface area contributed by atoms with Crippen LogP contribution in [-0.4, -0.2) is 10.8 Å². The van der Waals surface area contributed by atoms with E-state index in [1.54, 1.807) is 0 Å². The average Bonchev–Trinajstić information content (AvgIpc) is 2.31. The third-order valence-electron chi connectivity index (χ3n) is 2.51. The van der Waals surface area contributed by atoms with Crippen LogP contribution in [0.15, 0.2) is 54.9 Å². The lowest BCUT2D eigenvalue weighted by molar-refractivity contribution is -0.119. The lowest BCUT2D eigenvalue weighted by Crippen LogP contribution is -2.23. The second kappa shape index (κ2) is 4.66. The molecule has 1 aromatic rings. The lowest BCUT2D eigenvalue weighted by Gasteiger charge is -2.20. The third kappa shape index (κ3) is 2.51. The summed E-state index contributed by atoms with van der Waals surface area (Å²) in [4.78, 5) is 12.9. The van der Waals surface area contributed by atoms with Gasteiger partial charge in [0.1, 0.15) is 0 Å². The van der Waals surface area contributed by atoms with Crippen LogP contribution in [0.1, 0.15) is 5.56 Å². The molecular formula is C13H14N2O. The molecule has 1 aromatic carbocycles. The Hall–Kier alpha value is -2.03. The fourth-order valence-electron chi connectivity index (χ4n) is 1.61. The molecule has 0 atom stereocenters. The first kappa shape index (κ1) is 10.5. The SMILES string of the molecule is NC(=O)C1C=CN(Cc2ccccc2)C=C1. The topological polar surface area (TPSA) is 46.3 Å². The van der Waals surface area contributed by atoms with Gasteiger partial charge in [0.05, 0.1) is 5.92 Å². The summed E-state index contributed by atoms with van der Waals surface area (Å²) in [5.74, 6) is -0.584. The molecule has 0 unspecified atom stereocenters. The maximum Gasteiger partial charge on any atom is 0.228 e. The Bertz CT molecular complexity index is 409. The van der Waals surface area contributed by atoms with Gasteiger partial charge >= 0.3 is 0 Å². The van der Waals surface area contributed by atoms with Crippen LogP contribution in [-0.2, 0) is 11.3 Å². The van der Waals surface area contributed by atoms with Crippen molar-refractivity contribution in [3.63, 3.8) is 0 Å². The van der Waals surface area contributed by atoms with E-state index in [4.69, 9.17) is 5.73 Å². The van der Waals surface area contributed by atoms with E-state index >= 15 is 0 Å². The fourth-order valence-corrected chi connectivity index (χ4v) is 1.61. The second-order valence-corrected chi connectivity index (χ2v) is 3.77. The normalized spacial score (nSPS) is 15.4. The average molecular weight is 214 g/mol. The molecule has 3 nitrogen and oxygen atoms in total. The van der Waals surface area contributed by atoms with Crippen LogP contribution >= 0.6 is 0 Å². The van der Waals surface area contributed by atoms with E-state index in [2.05, 4.69) is 12.1 Å². The smallest absolute Gasteiger partial charge is 0.228 e. The van der Waals surface area contributed by atoms with Gasteiger partial charge in [-0.3, -0.25) is 4.79 Å². The first-order chi connectivity index (χ1) is 7.75. The molecule has 0 saturated carbocycles. The molecule has 1 aliphatic heterocycles. The highest BCUT2D eigenvalue weighted by Gasteiger charge is 2.11. The lowest BCUT2D eigenvalue weighted by atomic mass is 10.1. The number of carbonyl (C=O) groups is 1. The monoisotopic (exact) mass is 214 g/mol. The van der Waals surface area contributed by atoms with Crippen molar-refractivity contribution in [2.24, 2.45) is 11.7 Å². The van der Waals surface area contributed by atoms with Gasteiger partial charge < -0.3 is 10.6 Å². The highest BCUT2D eigenvalue weighted by molar-refractivity contribution is 5.80. The van der Waals surface area contributed by atoms with E-state index in [1.165, 1.54) is 5.56 Å². The molecule has 0 bridgehead atoms. The summed E-state index contributed by atoms with van der Waals surface area (Å²) in [6, 6.07) is 10.2. The van der Waals surface area contributed by atoms with Crippen molar-refractivity contribution in [3.05, 3.63) is 60.4 Å². The molecule has 2 rings (SSSR count). The maximum atomic E-state index is 10.9. The van der Waals surface area contributed by atoms with E-state index in [-0.39, 0.29) is 11.8 Å². The Morgan fingerprint density at radius 2 is 1.81 bits per heavy atom. The number of nitrogens with zero attached hydrogens (tertiary/aromatic N) is 1. The molecule has 2 N–H and O–H groups in total. The maximum absolute atomic E-state index is 10.9. The summed E-state index contributed by atoms with van der Waals surface area (Å²) in [5, 5.41) is 0. The Labute approximate surface area is 94.9 Å². The molecule has 0 fully saturated rings. The number of carbonyl (C=O) groups excluding carboxylic acids is 1. The van der Waals surface area contributed by atoms with Crippen LogP contribution in [0.4, 0.5) is 0 Å². The third-order valence-corrected chi connectivity index (χ3v) is 2.51. The van der Waals surface area contributed by atoms with Crippen molar-refractivity contribution < 1.29 is 4.79 Å². The highest BCUT2D eigenvalue weighted by Crippen LogP contribution is 2.13. The zero-order valence-corrected chi connectivity index (χ0v) is 8.91. The minimum absolute atomic E-state index is 0.271. The van der Waals surface area contributed by atoms with E-state index in [1.807, 2.05) is 47.7 Å². The van der Waals surface area contributed by atoms with Crippen LogP contribution in [0, 0.1) is 5.92 Å². The molecule has 16 heavy (non-hydrogen) atoms. The zero-order valence-electron chi connectivity index (χ0n) is 8.91. The molecule has 0 spiro atoms. The largest absolute Gasteiger partial charge is 0.369 e. The number of hydrogen-bond acceptors (Lipinski definition) is 2. The molecule has 0 radical (unpaired) electrons. The zero-order chi connectivity index (χ0) is 11.4. The van der Waals surface area contributed by atoms with E-state index < -0.39 is 0 Å². The minimum atomic E-state index is -0.313. The predicted octanol–water partition coefficient (Wildman–Crippen LogP) is 1.63. The van der Waals surface area contributed by atoms with Gasteiger partial charge in [0.15, 0.2) is 0 Å².